The lowest BCUT2D eigenvalue weighted by atomic mass is 10.1. The van der Waals surface area contributed by atoms with Crippen LogP contribution in [-0.4, -0.2) is 65.6 Å². The molecule has 1 amide bonds. The number of anilines is 2. The number of hydrogen-bond acceptors (Lipinski definition) is 7. The van der Waals surface area contributed by atoms with Crippen LogP contribution in [0.1, 0.15) is 12.0 Å². The highest BCUT2D eigenvalue weighted by atomic mass is 16.5. The zero-order valence-corrected chi connectivity index (χ0v) is 17.3. The largest absolute Gasteiger partial charge is 0.494 e. The maximum atomic E-state index is 12.7. The van der Waals surface area contributed by atoms with E-state index in [-0.39, 0.29) is 5.91 Å². The first kappa shape index (κ1) is 19.9. The van der Waals surface area contributed by atoms with E-state index >= 15 is 0 Å². The molecule has 0 saturated carbocycles. The summed E-state index contributed by atoms with van der Waals surface area (Å²) >= 11 is 0. The van der Waals surface area contributed by atoms with Gasteiger partial charge in [-0.25, -0.2) is 9.97 Å². The van der Waals surface area contributed by atoms with Crippen molar-refractivity contribution in [3.05, 3.63) is 48.4 Å². The summed E-state index contributed by atoms with van der Waals surface area (Å²) < 4.78 is 5.42. The highest BCUT2D eigenvalue weighted by Crippen LogP contribution is 2.31. The molecule has 0 unspecified atom stereocenters. The van der Waals surface area contributed by atoms with Crippen molar-refractivity contribution in [1.82, 2.24) is 19.9 Å². The van der Waals surface area contributed by atoms with Gasteiger partial charge >= 0.3 is 0 Å². The number of rotatable bonds is 6. The van der Waals surface area contributed by atoms with Gasteiger partial charge in [0, 0.05) is 68.8 Å². The van der Waals surface area contributed by atoms with Crippen molar-refractivity contribution >= 4 is 28.4 Å². The monoisotopic (exact) mass is 406 g/mol. The normalized spacial score (nSPS) is 14.1. The number of aryl methyl sites for hydroxylation is 1. The molecule has 156 valence electrons. The first-order chi connectivity index (χ1) is 14.7. The van der Waals surface area contributed by atoms with Gasteiger partial charge in [0.2, 0.25) is 11.9 Å². The number of amides is 1. The molecule has 3 heterocycles. The minimum absolute atomic E-state index is 0.157. The third kappa shape index (κ3) is 4.12. The number of para-hydroxylation sites is 1. The van der Waals surface area contributed by atoms with E-state index in [2.05, 4.69) is 25.2 Å². The van der Waals surface area contributed by atoms with Gasteiger partial charge in [-0.15, -0.1) is 0 Å². The summed E-state index contributed by atoms with van der Waals surface area (Å²) in [5, 5.41) is 4.44. The maximum absolute atomic E-state index is 12.7. The molecule has 4 rings (SSSR count). The molecule has 0 aliphatic carbocycles. The molecule has 1 N–H and O–H groups in total. The Labute approximate surface area is 175 Å². The lowest BCUT2D eigenvalue weighted by molar-refractivity contribution is -0.131. The summed E-state index contributed by atoms with van der Waals surface area (Å²) in [6.45, 7) is 5.45. The standard InChI is InChI=1S/C22H26N6O2/c1-16-15-26-21-17(5-3-6-18(21)30-2)20(16)23-10-7-19(29)27-11-13-28(14-12-27)22-24-8-4-9-25-22/h3-6,8-9,15H,7,10-14H2,1-2H3,(H,23,26). The number of aromatic nitrogens is 3. The topological polar surface area (TPSA) is 83.5 Å². The second-order valence-electron chi connectivity index (χ2n) is 7.27. The molecule has 1 fully saturated rings. The van der Waals surface area contributed by atoms with Crippen LogP contribution >= 0.6 is 0 Å². The Morgan fingerprint density at radius 3 is 2.60 bits per heavy atom. The van der Waals surface area contributed by atoms with E-state index in [4.69, 9.17) is 4.74 Å². The third-order valence-corrected chi connectivity index (χ3v) is 5.38. The number of ether oxygens (including phenoxy) is 1. The van der Waals surface area contributed by atoms with Crippen LogP contribution in [0.15, 0.2) is 42.9 Å². The van der Waals surface area contributed by atoms with Crippen molar-refractivity contribution < 1.29 is 9.53 Å². The summed E-state index contributed by atoms with van der Waals surface area (Å²) in [5.41, 5.74) is 2.86. The van der Waals surface area contributed by atoms with Crippen LogP contribution in [0.25, 0.3) is 10.9 Å². The fourth-order valence-electron chi connectivity index (χ4n) is 3.76. The molecule has 0 atom stereocenters. The van der Waals surface area contributed by atoms with Crippen molar-refractivity contribution in [3.63, 3.8) is 0 Å². The zero-order valence-electron chi connectivity index (χ0n) is 17.3. The second-order valence-corrected chi connectivity index (χ2v) is 7.27. The first-order valence-electron chi connectivity index (χ1n) is 10.1. The molecular weight excluding hydrogens is 380 g/mol. The van der Waals surface area contributed by atoms with E-state index in [1.165, 1.54) is 0 Å². The molecule has 2 aromatic heterocycles. The van der Waals surface area contributed by atoms with Crippen LogP contribution in [0.4, 0.5) is 11.6 Å². The van der Waals surface area contributed by atoms with Gasteiger partial charge in [0.1, 0.15) is 11.3 Å². The van der Waals surface area contributed by atoms with Gasteiger partial charge in [-0.05, 0) is 24.6 Å². The summed E-state index contributed by atoms with van der Waals surface area (Å²) in [6, 6.07) is 7.68. The average molecular weight is 406 g/mol. The molecule has 3 aromatic rings. The predicted molar refractivity (Wildman–Crippen MR) is 117 cm³/mol. The van der Waals surface area contributed by atoms with Crippen LogP contribution in [0, 0.1) is 6.92 Å². The molecule has 1 aliphatic rings. The predicted octanol–water partition coefficient (Wildman–Crippen LogP) is 2.49. The highest BCUT2D eigenvalue weighted by molar-refractivity contribution is 5.96. The van der Waals surface area contributed by atoms with E-state index < -0.39 is 0 Å². The van der Waals surface area contributed by atoms with Crippen LogP contribution < -0.4 is 15.0 Å². The smallest absolute Gasteiger partial charge is 0.225 e. The number of hydrogen-bond donors (Lipinski definition) is 1. The van der Waals surface area contributed by atoms with Crippen molar-refractivity contribution in [2.75, 3.05) is 50.1 Å². The van der Waals surface area contributed by atoms with E-state index in [1.807, 2.05) is 36.2 Å². The number of methoxy groups -OCH3 is 1. The number of nitrogens with one attached hydrogen (secondary N) is 1. The first-order valence-corrected chi connectivity index (χ1v) is 10.1. The quantitative estimate of drug-likeness (QED) is 0.673. The van der Waals surface area contributed by atoms with Crippen LogP contribution in [0.3, 0.4) is 0 Å². The van der Waals surface area contributed by atoms with E-state index in [0.717, 1.165) is 46.9 Å². The highest BCUT2D eigenvalue weighted by Gasteiger charge is 2.22. The van der Waals surface area contributed by atoms with E-state index in [0.29, 0.717) is 26.1 Å². The minimum Gasteiger partial charge on any atom is -0.494 e. The minimum atomic E-state index is 0.157. The number of piperazine rings is 1. The number of nitrogens with zero attached hydrogens (tertiary/aromatic N) is 5. The van der Waals surface area contributed by atoms with Crippen molar-refractivity contribution in [1.29, 1.82) is 0 Å². The van der Waals surface area contributed by atoms with Crippen molar-refractivity contribution in [2.24, 2.45) is 0 Å². The molecule has 8 heteroatoms. The van der Waals surface area contributed by atoms with Gasteiger partial charge in [-0.3, -0.25) is 9.78 Å². The molecule has 30 heavy (non-hydrogen) atoms. The number of fused-ring (bicyclic) bond motifs is 1. The van der Waals surface area contributed by atoms with Gasteiger partial charge in [-0.2, -0.15) is 0 Å². The lowest BCUT2D eigenvalue weighted by Gasteiger charge is -2.34. The Hall–Kier alpha value is -3.42. The molecule has 0 radical (unpaired) electrons. The van der Waals surface area contributed by atoms with Gasteiger partial charge < -0.3 is 19.9 Å². The fourth-order valence-corrected chi connectivity index (χ4v) is 3.76. The Morgan fingerprint density at radius 2 is 1.87 bits per heavy atom. The second kappa shape index (κ2) is 8.94. The van der Waals surface area contributed by atoms with Crippen LogP contribution in [0.2, 0.25) is 0 Å². The van der Waals surface area contributed by atoms with Gasteiger partial charge in [-0.1, -0.05) is 12.1 Å². The lowest BCUT2D eigenvalue weighted by Crippen LogP contribution is -2.49. The summed E-state index contributed by atoms with van der Waals surface area (Å²) in [6.07, 6.45) is 5.76. The molecule has 1 saturated heterocycles. The van der Waals surface area contributed by atoms with Crippen LogP contribution in [-0.2, 0) is 4.79 Å². The molecule has 0 bridgehead atoms. The van der Waals surface area contributed by atoms with Crippen molar-refractivity contribution in [3.8, 4) is 5.75 Å². The van der Waals surface area contributed by atoms with Crippen LogP contribution in [0.5, 0.6) is 5.75 Å². The molecule has 1 aliphatic heterocycles. The average Bonchev–Trinajstić information content (AvgIpc) is 2.80. The molecule has 8 nitrogen and oxygen atoms in total. The van der Waals surface area contributed by atoms with E-state index in [1.54, 1.807) is 25.6 Å². The summed E-state index contributed by atoms with van der Waals surface area (Å²) in [4.78, 5) is 29.8. The molecule has 0 spiro atoms. The van der Waals surface area contributed by atoms with Gasteiger partial charge in [0.25, 0.3) is 0 Å². The zero-order chi connectivity index (χ0) is 20.9. The Bertz CT molecular complexity index is 1020. The third-order valence-electron chi connectivity index (χ3n) is 5.38. The molecule has 1 aromatic carbocycles. The Morgan fingerprint density at radius 1 is 1.10 bits per heavy atom. The number of carbonyl (C=O) groups is 1. The molecular formula is C22H26N6O2. The number of benzene rings is 1. The maximum Gasteiger partial charge on any atom is 0.225 e. The summed E-state index contributed by atoms with van der Waals surface area (Å²) in [5.74, 6) is 1.62. The fraction of sp³-hybridized carbons (Fsp3) is 0.364. The Kier molecular flexibility index (Phi) is 5.92. The SMILES string of the molecule is COc1cccc2c(NCCC(=O)N3CCN(c4ncccn4)CC3)c(C)cnc12. The number of carbonyl (C=O) groups excluding carboxylic acids is 1. The van der Waals surface area contributed by atoms with Crippen molar-refractivity contribution in [2.45, 2.75) is 13.3 Å². The van der Waals surface area contributed by atoms with E-state index in [9.17, 15) is 4.79 Å². The Balaban J connectivity index is 1.34. The van der Waals surface area contributed by atoms with Gasteiger partial charge in [0.05, 0.1) is 7.11 Å². The number of pyridine rings is 1. The van der Waals surface area contributed by atoms with Gasteiger partial charge in [0.15, 0.2) is 0 Å². The summed E-state index contributed by atoms with van der Waals surface area (Å²) in [7, 11) is 1.64.